The zero-order valence-corrected chi connectivity index (χ0v) is 11.4. The highest BCUT2D eigenvalue weighted by Crippen LogP contribution is 2.25. The predicted octanol–water partition coefficient (Wildman–Crippen LogP) is 2.44. The van der Waals surface area contributed by atoms with Crippen molar-refractivity contribution in [2.75, 3.05) is 6.54 Å². The van der Waals surface area contributed by atoms with Gasteiger partial charge in [0.2, 0.25) is 5.89 Å². The van der Waals surface area contributed by atoms with Crippen molar-refractivity contribution in [1.29, 1.82) is 0 Å². The summed E-state index contributed by atoms with van der Waals surface area (Å²) in [6, 6.07) is 0.135. The summed E-state index contributed by atoms with van der Waals surface area (Å²) >= 11 is 0. The molecule has 0 aliphatic rings. The van der Waals surface area contributed by atoms with Gasteiger partial charge in [0.05, 0.1) is 23.5 Å². The molecule has 0 saturated heterocycles. The summed E-state index contributed by atoms with van der Waals surface area (Å²) in [7, 11) is 1.90. The number of nitrogens with zero attached hydrogens (tertiary/aromatic N) is 3. The number of nitrogens with one attached hydrogen (secondary N) is 1. The van der Waals surface area contributed by atoms with Gasteiger partial charge in [-0.25, -0.2) is 4.98 Å². The first-order chi connectivity index (χ1) is 8.61. The number of rotatable bonds is 5. The Bertz CT molecular complexity index is 515. The van der Waals surface area contributed by atoms with Gasteiger partial charge in [0.25, 0.3) is 0 Å². The summed E-state index contributed by atoms with van der Waals surface area (Å²) in [5.74, 6) is 1.50. The Hall–Kier alpha value is -1.62. The first kappa shape index (κ1) is 12.8. The summed E-state index contributed by atoms with van der Waals surface area (Å²) in [4.78, 5) is 4.33. The molecule has 0 spiro atoms. The van der Waals surface area contributed by atoms with E-state index in [4.69, 9.17) is 4.42 Å². The summed E-state index contributed by atoms with van der Waals surface area (Å²) in [6.45, 7) is 7.13. The van der Waals surface area contributed by atoms with Crippen molar-refractivity contribution in [2.24, 2.45) is 7.05 Å². The maximum atomic E-state index is 5.80. The predicted molar refractivity (Wildman–Crippen MR) is 70.2 cm³/mol. The Morgan fingerprint density at radius 1 is 1.50 bits per heavy atom. The van der Waals surface area contributed by atoms with Crippen molar-refractivity contribution in [3.05, 3.63) is 24.0 Å². The van der Waals surface area contributed by atoms with E-state index in [9.17, 15) is 0 Å². The fourth-order valence-corrected chi connectivity index (χ4v) is 1.90. The van der Waals surface area contributed by atoms with E-state index < -0.39 is 0 Å². The van der Waals surface area contributed by atoms with Crippen LogP contribution in [0.4, 0.5) is 0 Å². The number of aryl methyl sites for hydroxylation is 2. The number of oxazole rings is 1. The van der Waals surface area contributed by atoms with Crippen LogP contribution >= 0.6 is 0 Å². The van der Waals surface area contributed by atoms with Crippen LogP contribution in [0.3, 0.4) is 0 Å². The standard InChI is InChI=1S/C13H20N4O/c1-5-6-14-10(3)13-15-7-12(18-13)11-8-17(4)16-9(11)2/h7-8,10,14H,5-6H2,1-4H3. The van der Waals surface area contributed by atoms with Crippen LogP contribution in [-0.4, -0.2) is 21.3 Å². The summed E-state index contributed by atoms with van der Waals surface area (Å²) in [5, 5.41) is 7.66. The highest BCUT2D eigenvalue weighted by atomic mass is 16.4. The summed E-state index contributed by atoms with van der Waals surface area (Å²) < 4.78 is 7.58. The molecule has 2 heterocycles. The molecule has 0 aromatic carbocycles. The van der Waals surface area contributed by atoms with Gasteiger partial charge in [-0.3, -0.25) is 4.68 Å². The SMILES string of the molecule is CCCNC(C)c1ncc(-c2cn(C)nc2C)o1. The molecule has 0 bridgehead atoms. The lowest BCUT2D eigenvalue weighted by atomic mass is 10.2. The highest BCUT2D eigenvalue weighted by molar-refractivity contribution is 5.58. The molecule has 2 rings (SSSR count). The Morgan fingerprint density at radius 2 is 2.28 bits per heavy atom. The molecule has 0 saturated carbocycles. The molecule has 0 radical (unpaired) electrons. The van der Waals surface area contributed by atoms with Crippen LogP contribution in [0.5, 0.6) is 0 Å². The zero-order chi connectivity index (χ0) is 13.1. The molecular formula is C13H20N4O. The van der Waals surface area contributed by atoms with Gasteiger partial charge in [-0.05, 0) is 26.8 Å². The molecule has 18 heavy (non-hydrogen) atoms. The highest BCUT2D eigenvalue weighted by Gasteiger charge is 2.15. The maximum Gasteiger partial charge on any atom is 0.211 e. The van der Waals surface area contributed by atoms with Gasteiger partial charge in [0, 0.05) is 13.2 Å². The van der Waals surface area contributed by atoms with E-state index >= 15 is 0 Å². The van der Waals surface area contributed by atoms with Crippen molar-refractivity contribution < 1.29 is 4.42 Å². The average molecular weight is 248 g/mol. The summed E-state index contributed by atoms with van der Waals surface area (Å²) in [5.41, 5.74) is 1.95. The molecule has 98 valence electrons. The molecule has 2 aromatic heterocycles. The Morgan fingerprint density at radius 3 is 2.89 bits per heavy atom. The smallest absolute Gasteiger partial charge is 0.211 e. The first-order valence-corrected chi connectivity index (χ1v) is 6.31. The molecule has 1 unspecified atom stereocenters. The van der Waals surface area contributed by atoms with Gasteiger partial charge in [0.1, 0.15) is 0 Å². The zero-order valence-electron chi connectivity index (χ0n) is 11.4. The average Bonchev–Trinajstić information content (AvgIpc) is 2.92. The maximum absolute atomic E-state index is 5.80. The van der Waals surface area contributed by atoms with E-state index in [-0.39, 0.29) is 6.04 Å². The second-order valence-electron chi connectivity index (χ2n) is 4.54. The van der Waals surface area contributed by atoms with Gasteiger partial charge < -0.3 is 9.73 Å². The van der Waals surface area contributed by atoms with E-state index in [1.54, 1.807) is 10.9 Å². The van der Waals surface area contributed by atoms with E-state index in [0.717, 1.165) is 35.9 Å². The lowest BCUT2D eigenvalue weighted by Gasteiger charge is -2.08. The minimum Gasteiger partial charge on any atom is -0.439 e. The van der Waals surface area contributed by atoms with Gasteiger partial charge in [0.15, 0.2) is 5.76 Å². The first-order valence-electron chi connectivity index (χ1n) is 6.31. The number of hydrogen-bond acceptors (Lipinski definition) is 4. The van der Waals surface area contributed by atoms with Crippen LogP contribution in [0.1, 0.15) is 37.9 Å². The quantitative estimate of drug-likeness (QED) is 0.883. The number of hydrogen-bond donors (Lipinski definition) is 1. The van der Waals surface area contributed by atoms with Crippen LogP contribution in [-0.2, 0) is 7.05 Å². The van der Waals surface area contributed by atoms with E-state index in [2.05, 4.69) is 29.2 Å². The van der Waals surface area contributed by atoms with Crippen LogP contribution in [0.15, 0.2) is 16.8 Å². The van der Waals surface area contributed by atoms with E-state index in [1.165, 1.54) is 0 Å². The summed E-state index contributed by atoms with van der Waals surface area (Å²) in [6.07, 6.45) is 4.81. The molecule has 0 amide bonds. The van der Waals surface area contributed by atoms with Gasteiger partial charge in [-0.1, -0.05) is 6.92 Å². The van der Waals surface area contributed by atoms with Gasteiger partial charge in [-0.2, -0.15) is 5.10 Å². The lowest BCUT2D eigenvalue weighted by molar-refractivity contribution is 0.423. The van der Waals surface area contributed by atoms with E-state index in [1.807, 2.05) is 20.2 Å². The minimum atomic E-state index is 0.135. The Kier molecular flexibility index (Phi) is 3.81. The molecular weight excluding hydrogens is 228 g/mol. The molecule has 5 nitrogen and oxygen atoms in total. The second-order valence-corrected chi connectivity index (χ2v) is 4.54. The van der Waals surface area contributed by atoms with Crippen molar-refractivity contribution in [3.8, 4) is 11.3 Å². The Labute approximate surface area is 107 Å². The van der Waals surface area contributed by atoms with Crippen LogP contribution < -0.4 is 5.32 Å². The second kappa shape index (κ2) is 5.35. The van der Waals surface area contributed by atoms with Crippen LogP contribution in [0, 0.1) is 6.92 Å². The minimum absolute atomic E-state index is 0.135. The molecule has 0 aliphatic carbocycles. The van der Waals surface area contributed by atoms with Crippen molar-refractivity contribution in [2.45, 2.75) is 33.2 Å². The van der Waals surface area contributed by atoms with Crippen molar-refractivity contribution in [1.82, 2.24) is 20.1 Å². The van der Waals surface area contributed by atoms with Crippen LogP contribution in [0.2, 0.25) is 0 Å². The lowest BCUT2D eigenvalue weighted by Crippen LogP contribution is -2.19. The third kappa shape index (κ3) is 2.61. The fraction of sp³-hybridized carbons (Fsp3) is 0.538. The van der Waals surface area contributed by atoms with E-state index in [0.29, 0.717) is 0 Å². The van der Waals surface area contributed by atoms with Gasteiger partial charge in [-0.15, -0.1) is 0 Å². The van der Waals surface area contributed by atoms with Gasteiger partial charge >= 0.3 is 0 Å². The normalized spacial score (nSPS) is 12.9. The topological polar surface area (TPSA) is 55.9 Å². The number of aromatic nitrogens is 3. The molecule has 2 aromatic rings. The molecule has 0 aliphatic heterocycles. The molecule has 1 atom stereocenters. The fourth-order valence-electron chi connectivity index (χ4n) is 1.90. The largest absolute Gasteiger partial charge is 0.439 e. The monoisotopic (exact) mass is 248 g/mol. The molecule has 1 N–H and O–H groups in total. The third-order valence-electron chi connectivity index (χ3n) is 2.87. The van der Waals surface area contributed by atoms with Crippen molar-refractivity contribution in [3.63, 3.8) is 0 Å². The molecule has 5 heteroatoms. The van der Waals surface area contributed by atoms with Crippen molar-refractivity contribution >= 4 is 0 Å². The molecule has 0 fully saturated rings. The van der Waals surface area contributed by atoms with Crippen LogP contribution in [0.25, 0.3) is 11.3 Å². The Balaban J connectivity index is 2.17. The third-order valence-corrected chi connectivity index (χ3v) is 2.87.